The van der Waals surface area contributed by atoms with Crippen LogP contribution in [0, 0.1) is 0 Å². The second-order valence-corrected chi connectivity index (χ2v) is 3.36. The van der Waals surface area contributed by atoms with Gasteiger partial charge in [0.25, 0.3) is 0 Å². The van der Waals surface area contributed by atoms with E-state index < -0.39 is 0 Å². The number of aromatic nitrogens is 2. The molecule has 0 radical (unpaired) electrons. The molecule has 5 nitrogen and oxygen atoms in total. The van der Waals surface area contributed by atoms with Gasteiger partial charge in [-0.25, -0.2) is 9.97 Å². The first kappa shape index (κ1) is 11.7. The lowest BCUT2D eigenvalue weighted by molar-refractivity contribution is -0.119. The van der Waals surface area contributed by atoms with Crippen molar-refractivity contribution in [1.82, 2.24) is 15.3 Å². The van der Waals surface area contributed by atoms with Crippen molar-refractivity contribution in [2.75, 3.05) is 18.4 Å². The fourth-order valence-corrected chi connectivity index (χ4v) is 0.987. The average Bonchev–Trinajstić information content (AvgIpc) is 2.25. The Labute approximate surface area is 93.3 Å². The largest absolute Gasteiger partial charge is 0.355 e. The highest BCUT2D eigenvalue weighted by Gasteiger charge is 2.00. The van der Waals surface area contributed by atoms with Gasteiger partial charge in [-0.3, -0.25) is 4.79 Å². The molecule has 0 atom stereocenters. The monoisotopic (exact) mass is 228 g/mol. The molecular formula is C9H13ClN4O. The Hall–Kier alpha value is -1.36. The second-order valence-electron chi connectivity index (χ2n) is 2.93. The number of nitrogens with one attached hydrogen (secondary N) is 2. The number of amides is 1. The summed E-state index contributed by atoms with van der Waals surface area (Å²) in [5, 5.41) is 5.99. The molecule has 1 aromatic rings. The van der Waals surface area contributed by atoms with Crippen molar-refractivity contribution in [2.24, 2.45) is 0 Å². The molecule has 0 bridgehead atoms. The van der Waals surface area contributed by atoms with E-state index >= 15 is 0 Å². The fraction of sp³-hybridized carbons (Fsp3) is 0.444. The molecule has 1 heterocycles. The van der Waals surface area contributed by atoms with Crippen molar-refractivity contribution in [3.8, 4) is 0 Å². The van der Waals surface area contributed by atoms with Gasteiger partial charge >= 0.3 is 0 Å². The minimum absolute atomic E-state index is 0.0737. The Morgan fingerprint density at radius 1 is 1.47 bits per heavy atom. The Bertz CT molecular complexity index is 314. The Kier molecular flexibility index (Phi) is 4.83. The first-order valence-corrected chi connectivity index (χ1v) is 5.08. The molecule has 0 saturated carbocycles. The molecule has 1 rings (SSSR count). The molecule has 1 amide bonds. The number of hydrogen-bond acceptors (Lipinski definition) is 4. The zero-order valence-corrected chi connectivity index (χ0v) is 9.21. The molecule has 0 aliphatic heterocycles. The molecule has 82 valence electrons. The molecule has 0 saturated heterocycles. The maximum atomic E-state index is 11.2. The first-order chi connectivity index (χ1) is 7.22. The van der Waals surface area contributed by atoms with Gasteiger partial charge in [-0.2, -0.15) is 0 Å². The van der Waals surface area contributed by atoms with E-state index in [1.807, 2.05) is 6.92 Å². The Morgan fingerprint density at radius 2 is 2.13 bits per heavy atom. The standard InChI is InChI=1S/C9H13ClN4O/c1-2-3-11-8(15)6-14-9-12-4-7(10)5-13-9/h4-5H,2-3,6H2,1H3,(H,11,15)(H,12,13,14). The number of carbonyl (C=O) groups excluding carboxylic acids is 1. The number of anilines is 1. The van der Waals surface area contributed by atoms with Crippen LogP contribution < -0.4 is 10.6 Å². The molecule has 6 heteroatoms. The van der Waals surface area contributed by atoms with Gasteiger partial charge in [0.2, 0.25) is 11.9 Å². The van der Waals surface area contributed by atoms with Crippen LogP contribution in [0.4, 0.5) is 5.95 Å². The summed E-state index contributed by atoms with van der Waals surface area (Å²) < 4.78 is 0. The lowest BCUT2D eigenvalue weighted by Gasteiger charge is -2.04. The van der Waals surface area contributed by atoms with E-state index in [2.05, 4.69) is 20.6 Å². The van der Waals surface area contributed by atoms with Gasteiger partial charge in [0.15, 0.2) is 0 Å². The van der Waals surface area contributed by atoms with Crippen LogP contribution in [-0.4, -0.2) is 29.0 Å². The van der Waals surface area contributed by atoms with Crippen LogP contribution in [0.5, 0.6) is 0 Å². The summed E-state index contributed by atoms with van der Waals surface area (Å²) in [5.74, 6) is 0.321. The maximum absolute atomic E-state index is 11.2. The predicted molar refractivity (Wildman–Crippen MR) is 58.8 cm³/mol. The summed E-state index contributed by atoms with van der Waals surface area (Å²) in [6, 6.07) is 0. The number of hydrogen-bond donors (Lipinski definition) is 2. The van der Waals surface area contributed by atoms with E-state index in [0.717, 1.165) is 6.42 Å². The summed E-state index contributed by atoms with van der Waals surface area (Å²) in [4.78, 5) is 19.0. The lowest BCUT2D eigenvalue weighted by Crippen LogP contribution is -2.30. The van der Waals surface area contributed by atoms with Gasteiger partial charge < -0.3 is 10.6 Å². The third-order valence-electron chi connectivity index (χ3n) is 1.60. The van der Waals surface area contributed by atoms with Gasteiger partial charge in [0.1, 0.15) is 0 Å². The van der Waals surface area contributed by atoms with E-state index in [1.165, 1.54) is 12.4 Å². The van der Waals surface area contributed by atoms with Gasteiger partial charge in [-0.1, -0.05) is 18.5 Å². The molecular weight excluding hydrogens is 216 g/mol. The molecule has 0 spiro atoms. The van der Waals surface area contributed by atoms with Crippen LogP contribution in [0.1, 0.15) is 13.3 Å². The number of rotatable bonds is 5. The molecule has 0 unspecified atom stereocenters. The summed E-state index contributed by atoms with van der Waals surface area (Å²) in [5.41, 5.74) is 0. The van der Waals surface area contributed by atoms with Gasteiger partial charge in [0, 0.05) is 6.54 Å². The van der Waals surface area contributed by atoms with E-state index in [9.17, 15) is 4.79 Å². The van der Waals surface area contributed by atoms with Gasteiger partial charge in [-0.15, -0.1) is 0 Å². The molecule has 1 aromatic heterocycles. The minimum Gasteiger partial charge on any atom is -0.355 e. The van der Waals surface area contributed by atoms with Crippen LogP contribution in [0.25, 0.3) is 0 Å². The smallest absolute Gasteiger partial charge is 0.239 e. The van der Waals surface area contributed by atoms with Crippen molar-refractivity contribution < 1.29 is 4.79 Å². The van der Waals surface area contributed by atoms with E-state index in [0.29, 0.717) is 17.5 Å². The molecule has 0 aliphatic carbocycles. The quantitative estimate of drug-likeness (QED) is 0.791. The highest BCUT2D eigenvalue weighted by Crippen LogP contribution is 2.04. The van der Waals surface area contributed by atoms with Crippen LogP contribution in [0.3, 0.4) is 0 Å². The lowest BCUT2D eigenvalue weighted by atomic mass is 10.4. The van der Waals surface area contributed by atoms with Crippen LogP contribution in [0.15, 0.2) is 12.4 Å². The molecule has 2 N–H and O–H groups in total. The van der Waals surface area contributed by atoms with Crippen molar-refractivity contribution in [3.63, 3.8) is 0 Å². The average molecular weight is 229 g/mol. The zero-order valence-electron chi connectivity index (χ0n) is 8.46. The van der Waals surface area contributed by atoms with Gasteiger partial charge in [-0.05, 0) is 6.42 Å². The first-order valence-electron chi connectivity index (χ1n) is 4.70. The van der Waals surface area contributed by atoms with Crippen molar-refractivity contribution in [2.45, 2.75) is 13.3 Å². The second kappa shape index (κ2) is 6.19. The molecule has 0 fully saturated rings. The van der Waals surface area contributed by atoms with E-state index in [1.54, 1.807) is 0 Å². The summed E-state index contributed by atoms with van der Waals surface area (Å²) in [6.07, 6.45) is 3.87. The summed E-state index contributed by atoms with van der Waals surface area (Å²) in [7, 11) is 0. The highest BCUT2D eigenvalue weighted by atomic mass is 35.5. The van der Waals surface area contributed by atoms with Crippen LogP contribution in [0.2, 0.25) is 5.02 Å². The van der Waals surface area contributed by atoms with Crippen molar-refractivity contribution in [3.05, 3.63) is 17.4 Å². The molecule has 0 aliphatic rings. The summed E-state index contributed by atoms with van der Waals surface area (Å²) >= 11 is 5.61. The van der Waals surface area contributed by atoms with Crippen molar-refractivity contribution in [1.29, 1.82) is 0 Å². The normalized spacial score (nSPS) is 9.73. The molecule has 0 aromatic carbocycles. The van der Waals surface area contributed by atoms with Crippen LogP contribution >= 0.6 is 11.6 Å². The third kappa shape index (κ3) is 4.60. The molecule has 15 heavy (non-hydrogen) atoms. The van der Waals surface area contributed by atoms with E-state index in [4.69, 9.17) is 11.6 Å². The maximum Gasteiger partial charge on any atom is 0.239 e. The fourth-order valence-electron chi connectivity index (χ4n) is 0.890. The minimum atomic E-state index is -0.0737. The summed E-state index contributed by atoms with van der Waals surface area (Å²) in [6.45, 7) is 2.85. The number of carbonyl (C=O) groups is 1. The Morgan fingerprint density at radius 3 is 2.73 bits per heavy atom. The number of halogens is 1. The predicted octanol–water partition coefficient (Wildman–Crippen LogP) is 1.07. The zero-order chi connectivity index (χ0) is 11.1. The van der Waals surface area contributed by atoms with Crippen molar-refractivity contribution >= 4 is 23.5 Å². The van der Waals surface area contributed by atoms with E-state index in [-0.39, 0.29) is 12.5 Å². The Balaban J connectivity index is 2.30. The highest BCUT2D eigenvalue weighted by molar-refractivity contribution is 6.30. The SMILES string of the molecule is CCCNC(=O)CNc1ncc(Cl)cn1. The van der Waals surface area contributed by atoms with Crippen LogP contribution in [-0.2, 0) is 4.79 Å². The third-order valence-corrected chi connectivity index (χ3v) is 1.79. The number of nitrogens with zero attached hydrogens (tertiary/aromatic N) is 2. The topological polar surface area (TPSA) is 66.9 Å². The van der Waals surface area contributed by atoms with Gasteiger partial charge in [0.05, 0.1) is 24.0 Å².